The summed E-state index contributed by atoms with van der Waals surface area (Å²) in [5, 5.41) is 26.7. The van der Waals surface area contributed by atoms with E-state index in [9.17, 15) is 38.2 Å². The molecule has 374 valence electrons. The summed E-state index contributed by atoms with van der Waals surface area (Å²) in [5.41, 5.74) is 2.87. The zero-order valence-electron chi connectivity index (χ0n) is 40.8. The molecule has 4 amide bonds. The molecule has 0 radical (unpaired) electrons. The number of hydrogen-bond acceptors (Lipinski definition) is 10. The smallest absolute Gasteiger partial charge is 0.329 e. The van der Waals surface area contributed by atoms with E-state index in [1.165, 1.54) is 21.4 Å². The van der Waals surface area contributed by atoms with Crippen LogP contribution >= 0.6 is 0 Å². The lowest BCUT2D eigenvalue weighted by molar-refractivity contribution is -0.136. The van der Waals surface area contributed by atoms with Crippen molar-refractivity contribution < 1.29 is 28.0 Å². The summed E-state index contributed by atoms with van der Waals surface area (Å²) in [4.78, 5) is 71.7. The lowest BCUT2D eigenvalue weighted by atomic mass is 9.74. The maximum Gasteiger partial charge on any atom is 0.329 e. The Morgan fingerprint density at radius 3 is 2.39 bits per heavy atom. The van der Waals surface area contributed by atoms with Crippen LogP contribution in [0.15, 0.2) is 41.3 Å². The van der Waals surface area contributed by atoms with Crippen LogP contribution in [-0.4, -0.2) is 131 Å². The van der Waals surface area contributed by atoms with Crippen LogP contribution in [0.4, 0.5) is 14.5 Å². The quantitative estimate of drug-likeness (QED) is 0.0724. The lowest BCUT2D eigenvalue weighted by Crippen LogP contribution is -2.65. The number of piperidine rings is 4. The molecular weight excluding hydrogens is 897 g/mol. The third-order valence-electron chi connectivity index (χ3n) is 15.4. The second kappa shape index (κ2) is 21.4. The number of hydrogen-bond donors (Lipinski definition) is 5. The minimum atomic E-state index is -2.78. The van der Waals surface area contributed by atoms with E-state index in [1.54, 1.807) is 32.0 Å². The largest absolute Gasteiger partial charge is 0.393 e. The van der Waals surface area contributed by atoms with Gasteiger partial charge in [0.2, 0.25) is 23.6 Å². The van der Waals surface area contributed by atoms with Crippen LogP contribution in [0.2, 0.25) is 0 Å². The Labute approximate surface area is 408 Å². The Morgan fingerprint density at radius 2 is 1.70 bits per heavy atom. The number of imide groups is 1. The summed E-state index contributed by atoms with van der Waals surface area (Å²) in [6.07, 6.45) is 6.94. The van der Waals surface area contributed by atoms with Crippen molar-refractivity contribution in [3.8, 4) is 11.8 Å². The van der Waals surface area contributed by atoms with Crippen molar-refractivity contribution in [1.82, 2.24) is 39.8 Å². The number of rotatable bonds is 12. The number of alkyl halides is 2. The molecule has 5 aliphatic heterocycles. The number of fused-ring (bicyclic) bond motifs is 2. The molecule has 70 heavy (non-hydrogen) atoms. The third kappa shape index (κ3) is 10.5. The highest BCUT2D eigenvalue weighted by Crippen LogP contribution is 2.41. The van der Waals surface area contributed by atoms with Gasteiger partial charge in [-0.3, -0.25) is 39.0 Å². The summed E-state index contributed by atoms with van der Waals surface area (Å²) in [7, 11) is 3.34. The normalized spacial score (nSPS) is 23.0. The van der Waals surface area contributed by atoms with Gasteiger partial charge in [0, 0.05) is 119 Å². The standard InChI is InChI=1S/C52H67F2N11O5/c1-33(66)63-26-19-45(52(2,32-63)50(56)64-21-5-7-36-28-39(37(30-55)31-57-3)40(48(53)54)29-43(36)64)58-38-17-24-62(25-18-38)47(68)8-6-20-61-22-15-34(16-23-61)9-10-35-11-12-41-44(27-35)60(4)51(70)65(41)42-13-14-46(67)59-49(42)69/h11-12,27-31,34,38,42,45,48,55-58H,5-8,13-26,32H2,1-4H3,(H,59,67,69)/b37-31+,55-30?,56-50?. The van der Waals surface area contributed by atoms with Crippen molar-refractivity contribution >= 4 is 58.0 Å². The number of aryl methyl sites for hydroxylation is 2. The van der Waals surface area contributed by atoms with Gasteiger partial charge in [-0.15, -0.1) is 0 Å². The predicted octanol–water partition coefficient (Wildman–Crippen LogP) is 4.95. The summed E-state index contributed by atoms with van der Waals surface area (Å²) in [5.74, 6) is 6.57. The number of imidazole rings is 1. The van der Waals surface area contributed by atoms with Gasteiger partial charge in [0.25, 0.3) is 6.43 Å². The Morgan fingerprint density at radius 1 is 0.957 bits per heavy atom. The minimum Gasteiger partial charge on any atom is -0.393 e. The maximum atomic E-state index is 14.6. The zero-order valence-corrected chi connectivity index (χ0v) is 40.8. The summed E-state index contributed by atoms with van der Waals surface area (Å²) >= 11 is 0. The Bertz CT molecular complexity index is 2690. The molecule has 5 N–H and O–H groups in total. The van der Waals surface area contributed by atoms with Gasteiger partial charge >= 0.3 is 5.69 Å². The number of benzene rings is 2. The summed E-state index contributed by atoms with van der Waals surface area (Å²) in [6.45, 7) is 8.82. The van der Waals surface area contributed by atoms with Gasteiger partial charge in [-0.2, -0.15) is 0 Å². The van der Waals surface area contributed by atoms with Gasteiger partial charge in [-0.05, 0) is 126 Å². The van der Waals surface area contributed by atoms with E-state index >= 15 is 0 Å². The van der Waals surface area contributed by atoms with Crippen molar-refractivity contribution in [2.45, 2.75) is 109 Å². The number of halogens is 2. The molecule has 1 aromatic heterocycles. The number of nitrogens with zero attached hydrogens (tertiary/aromatic N) is 6. The number of nitrogens with one attached hydrogen (secondary N) is 5. The van der Waals surface area contributed by atoms with Gasteiger partial charge in [0.15, 0.2) is 0 Å². The second-order valence-electron chi connectivity index (χ2n) is 19.9. The Kier molecular flexibility index (Phi) is 15.4. The van der Waals surface area contributed by atoms with Crippen molar-refractivity contribution in [2.24, 2.45) is 18.4 Å². The molecule has 0 spiro atoms. The van der Waals surface area contributed by atoms with Crippen molar-refractivity contribution in [2.75, 3.05) is 64.3 Å². The molecule has 0 bridgehead atoms. The van der Waals surface area contributed by atoms with Gasteiger partial charge < -0.3 is 35.6 Å². The number of likely N-dealkylation sites (tertiary alicyclic amines) is 3. The molecule has 6 heterocycles. The van der Waals surface area contributed by atoms with Gasteiger partial charge in [-0.25, -0.2) is 13.6 Å². The first-order chi connectivity index (χ1) is 33.6. The predicted molar refractivity (Wildman–Crippen MR) is 266 cm³/mol. The van der Waals surface area contributed by atoms with Gasteiger partial charge in [0.05, 0.1) is 16.4 Å². The number of amidine groups is 1. The first-order valence-corrected chi connectivity index (χ1v) is 24.9. The molecule has 4 fully saturated rings. The Hall–Kier alpha value is -6.19. The molecule has 5 aliphatic rings. The fourth-order valence-electron chi connectivity index (χ4n) is 11.3. The molecule has 3 atom stereocenters. The average Bonchev–Trinajstić information content (AvgIpc) is 3.60. The molecule has 4 saturated heterocycles. The highest BCUT2D eigenvalue weighted by Gasteiger charge is 2.47. The van der Waals surface area contributed by atoms with Crippen LogP contribution in [0.25, 0.3) is 16.6 Å². The van der Waals surface area contributed by atoms with Crippen LogP contribution in [0.5, 0.6) is 0 Å². The fraction of sp³-hybridized carbons (Fsp3) is 0.558. The molecule has 16 nitrogen and oxygen atoms in total. The first kappa shape index (κ1) is 50.2. The second-order valence-corrected chi connectivity index (χ2v) is 19.9. The van der Waals surface area contributed by atoms with E-state index in [-0.39, 0.29) is 59.8 Å². The van der Waals surface area contributed by atoms with E-state index in [0.29, 0.717) is 85.7 Å². The van der Waals surface area contributed by atoms with Crippen LogP contribution in [0, 0.1) is 34.0 Å². The molecular formula is C52H67F2N11O5. The highest BCUT2D eigenvalue weighted by molar-refractivity contribution is 6.09. The molecule has 18 heteroatoms. The molecule has 2 aromatic carbocycles. The number of carbonyl (C=O) groups is 4. The minimum absolute atomic E-state index is 0.0665. The SMILES string of the molecule is CN/C=C(\C=N)c1cc2c(cc1C(F)F)N(C(=N)C1(C)CN(C(C)=O)CCC1NC1CCN(C(=O)CCCN3CCC(C#Cc4ccc5c(c4)n(C)c(=O)n5C4CCC(=O)NC4=O)CC3)CC1)CCC2. The van der Waals surface area contributed by atoms with E-state index < -0.39 is 23.8 Å². The van der Waals surface area contributed by atoms with Crippen LogP contribution < -0.4 is 26.5 Å². The number of amides is 4. The zero-order chi connectivity index (χ0) is 49.9. The molecule has 3 unspecified atom stereocenters. The number of allylic oxidation sites excluding steroid dienone is 1. The molecule has 0 saturated carbocycles. The van der Waals surface area contributed by atoms with Gasteiger partial charge in [-0.1, -0.05) is 11.8 Å². The monoisotopic (exact) mass is 964 g/mol. The topological polar surface area (TPSA) is 192 Å². The van der Waals surface area contributed by atoms with Crippen LogP contribution in [0.1, 0.15) is 113 Å². The average molecular weight is 964 g/mol. The first-order valence-electron chi connectivity index (χ1n) is 24.9. The fourth-order valence-corrected chi connectivity index (χ4v) is 11.3. The maximum absolute atomic E-state index is 14.6. The third-order valence-corrected chi connectivity index (χ3v) is 15.4. The summed E-state index contributed by atoms with van der Waals surface area (Å²) in [6, 6.07) is 8.03. The van der Waals surface area contributed by atoms with E-state index in [4.69, 9.17) is 5.41 Å². The van der Waals surface area contributed by atoms with Crippen LogP contribution in [0.3, 0.4) is 0 Å². The van der Waals surface area contributed by atoms with Gasteiger partial charge in [0.1, 0.15) is 11.9 Å². The summed E-state index contributed by atoms with van der Waals surface area (Å²) < 4.78 is 32.3. The van der Waals surface area contributed by atoms with Crippen molar-refractivity contribution in [3.63, 3.8) is 0 Å². The van der Waals surface area contributed by atoms with E-state index in [1.807, 2.05) is 34.9 Å². The van der Waals surface area contributed by atoms with Crippen LogP contribution in [-0.2, 0) is 32.6 Å². The number of carbonyl (C=O) groups excluding carboxylic acids is 4. The van der Waals surface area contributed by atoms with E-state index in [2.05, 4.69) is 32.7 Å². The number of aromatic nitrogens is 2. The molecule has 3 aromatic rings. The number of anilines is 1. The lowest BCUT2D eigenvalue weighted by Gasteiger charge is -2.51. The van der Waals surface area contributed by atoms with Crippen molar-refractivity contribution in [3.05, 3.63) is 69.3 Å². The highest BCUT2D eigenvalue weighted by atomic mass is 19.3. The van der Waals surface area contributed by atoms with E-state index in [0.717, 1.165) is 75.5 Å². The Balaban J connectivity index is 0.817. The molecule has 0 aliphatic carbocycles. The molecule has 8 rings (SSSR count). The van der Waals surface area contributed by atoms with Crippen molar-refractivity contribution in [1.29, 1.82) is 10.8 Å².